The van der Waals surface area contributed by atoms with Crippen molar-refractivity contribution >= 4 is 40.6 Å². The molecule has 0 unspecified atom stereocenters. The Kier molecular flexibility index (Phi) is 7.64. The zero-order chi connectivity index (χ0) is 25.7. The molecule has 0 spiro atoms. The molecule has 0 saturated heterocycles. The molecule has 9 heteroatoms. The molecule has 36 heavy (non-hydrogen) atoms. The zero-order valence-corrected chi connectivity index (χ0v) is 20.6. The fourth-order valence-corrected chi connectivity index (χ4v) is 4.39. The number of nitro groups is 1. The second kappa shape index (κ2) is 11.0. The van der Waals surface area contributed by atoms with E-state index in [9.17, 15) is 20.2 Å². The maximum absolute atomic E-state index is 12.6. The van der Waals surface area contributed by atoms with Crippen LogP contribution in [-0.4, -0.2) is 21.6 Å². The number of rotatable bonds is 7. The molecule has 7 nitrogen and oxygen atoms in total. The summed E-state index contributed by atoms with van der Waals surface area (Å²) in [6.07, 6.45) is 0. The molecule has 0 aliphatic carbocycles. The number of carbonyl (C=O) groups is 1. The lowest BCUT2D eigenvalue weighted by Gasteiger charge is -2.13. The van der Waals surface area contributed by atoms with Crippen LogP contribution in [0.4, 0.5) is 11.4 Å². The van der Waals surface area contributed by atoms with Crippen molar-refractivity contribution in [2.75, 3.05) is 11.1 Å². The third kappa shape index (κ3) is 5.89. The monoisotopic (exact) mass is 514 g/mol. The number of hydrogen-bond acceptors (Lipinski definition) is 6. The van der Waals surface area contributed by atoms with E-state index < -0.39 is 4.92 Å². The van der Waals surface area contributed by atoms with Crippen LogP contribution in [0.1, 0.15) is 11.1 Å². The summed E-state index contributed by atoms with van der Waals surface area (Å²) in [5.74, 6) is -0.330. The first-order valence-corrected chi connectivity index (χ1v) is 12.2. The van der Waals surface area contributed by atoms with Crippen LogP contribution >= 0.6 is 23.4 Å². The number of anilines is 1. The molecule has 0 saturated carbocycles. The third-order valence-corrected chi connectivity index (χ3v) is 6.53. The minimum Gasteiger partial charge on any atom is -0.325 e. The Labute approximate surface area is 216 Å². The fraction of sp³-hybridized carbons (Fsp3) is 0.0741. The van der Waals surface area contributed by atoms with Crippen molar-refractivity contribution in [1.29, 1.82) is 5.26 Å². The number of carbonyl (C=O) groups excluding carboxylic acids is 1. The molecule has 0 radical (unpaired) electrons. The third-order valence-electron chi connectivity index (χ3n) is 5.30. The molecular formula is C27H19ClN4O3S. The van der Waals surface area contributed by atoms with Crippen LogP contribution in [0.5, 0.6) is 0 Å². The van der Waals surface area contributed by atoms with E-state index in [1.54, 1.807) is 12.1 Å². The highest BCUT2D eigenvalue weighted by Crippen LogP contribution is 2.35. The molecule has 1 heterocycles. The number of aromatic nitrogens is 1. The first-order valence-electron chi connectivity index (χ1n) is 10.8. The molecule has 4 rings (SSSR count). The molecule has 0 bridgehead atoms. The molecule has 4 aromatic rings. The van der Waals surface area contributed by atoms with Crippen molar-refractivity contribution in [3.63, 3.8) is 0 Å². The number of thioether (sulfide) groups is 1. The zero-order valence-electron chi connectivity index (χ0n) is 19.1. The van der Waals surface area contributed by atoms with E-state index in [1.165, 1.54) is 24.3 Å². The van der Waals surface area contributed by atoms with Crippen LogP contribution < -0.4 is 5.32 Å². The lowest BCUT2D eigenvalue weighted by atomic mass is 9.99. The molecule has 0 fully saturated rings. The minimum atomic E-state index is -0.504. The van der Waals surface area contributed by atoms with Gasteiger partial charge in [0.25, 0.3) is 5.69 Å². The van der Waals surface area contributed by atoms with Gasteiger partial charge in [-0.1, -0.05) is 65.3 Å². The SMILES string of the molecule is Cc1ccc(-c2cc(-c3ccc(Cl)cc3)c(C#N)c(SCC(=O)Nc3ccc([N+](=O)[O-])cc3)n2)cc1. The Morgan fingerprint density at radius 3 is 2.31 bits per heavy atom. The molecule has 0 aliphatic rings. The highest BCUT2D eigenvalue weighted by molar-refractivity contribution is 8.00. The van der Waals surface area contributed by atoms with Gasteiger partial charge in [-0.3, -0.25) is 14.9 Å². The quantitative estimate of drug-likeness (QED) is 0.163. The maximum atomic E-state index is 12.6. The Morgan fingerprint density at radius 1 is 1.06 bits per heavy atom. The van der Waals surface area contributed by atoms with Gasteiger partial charge in [0.2, 0.25) is 5.91 Å². The number of nitriles is 1. The smallest absolute Gasteiger partial charge is 0.269 e. The molecule has 0 aliphatic heterocycles. The van der Waals surface area contributed by atoms with Crippen molar-refractivity contribution in [1.82, 2.24) is 4.98 Å². The highest BCUT2D eigenvalue weighted by atomic mass is 35.5. The number of amides is 1. The van der Waals surface area contributed by atoms with Gasteiger partial charge in [0.1, 0.15) is 11.1 Å². The highest BCUT2D eigenvalue weighted by Gasteiger charge is 2.17. The summed E-state index contributed by atoms with van der Waals surface area (Å²) >= 11 is 7.21. The lowest BCUT2D eigenvalue weighted by Crippen LogP contribution is -2.14. The topological polar surface area (TPSA) is 109 Å². The summed E-state index contributed by atoms with van der Waals surface area (Å²) in [6, 6.07) is 24.8. The van der Waals surface area contributed by atoms with E-state index in [-0.39, 0.29) is 17.3 Å². The number of benzene rings is 3. The maximum Gasteiger partial charge on any atom is 0.269 e. The van der Waals surface area contributed by atoms with Crippen molar-refractivity contribution in [2.24, 2.45) is 0 Å². The molecule has 1 N–H and O–H groups in total. The Morgan fingerprint density at radius 2 is 1.69 bits per heavy atom. The standard InChI is InChI=1S/C27H19ClN4O3S/c1-17-2-4-19(5-3-17)25-14-23(18-6-8-20(28)9-7-18)24(15-29)27(31-25)36-16-26(33)30-21-10-12-22(13-11-21)32(34)35/h2-14H,16H2,1H3,(H,30,33). The van der Waals surface area contributed by atoms with E-state index in [0.717, 1.165) is 28.5 Å². The summed E-state index contributed by atoms with van der Waals surface area (Å²) < 4.78 is 0. The van der Waals surface area contributed by atoms with Crippen LogP contribution in [0.15, 0.2) is 83.9 Å². The normalized spacial score (nSPS) is 10.5. The first kappa shape index (κ1) is 24.9. The number of pyridine rings is 1. The number of nitrogens with zero attached hydrogens (tertiary/aromatic N) is 3. The summed E-state index contributed by atoms with van der Waals surface area (Å²) in [4.78, 5) is 27.6. The number of nitrogens with one attached hydrogen (secondary N) is 1. The largest absolute Gasteiger partial charge is 0.325 e. The summed E-state index contributed by atoms with van der Waals surface area (Å²) in [6.45, 7) is 2.00. The minimum absolute atomic E-state index is 0.00389. The average molecular weight is 515 g/mol. The van der Waals surface area contributed by atoms with Gasteiger partial charge in [0, 0.05) is 34.0 Å². The molecule has 1 amide bonds. The molecule has 1 aromatic heterocycles. The average Bonchev–Trinajstić information content (AvgIpc) is 2.88. The molecule has 178 valence electrons. The van der Waals surface area contributed by atoms with Crippen LogP contribution in [0, 0.1) is 28.4 Å². The number of nitro benzene ring substituents is 1. The van der Waals surface area contributed by atoms with Gasteiger partial charge in [-0.05, 0) is 42.8 Å². The van der Waals surface area contributed by atoms with E-state index >= 15 is 0 Å². The number of hydrogen-bond donors (Lipinski definition) is 1. The second-order valence-corrected chi connectivity index (χ2v) is 9.26. The van der Waals surface area contributed by atoms with E-state index in [4.69, 9.17) is 16.6 Å². The van der Waals surface area contributed by atoms with Gasteiger partial charge in [0.15, 0.2) is 0 Å². The predicted octanol–water partition coefficient (Wildman–Crippen LogP) is 6.89. The Balaban J connectivity index is 1.64. The van der Waals surface area contributed by atoms with Gasteiger partial charge in [-0.15, -0.1) is 0 Å². The molecular weight excluding hydrogens is 496 g/mol. The molecule has 3 aromatic carbocycles. The lowest BCUT2D eigenvalue weighted by molar-refractivity contribution is -0.384. The van der Waals surface area contributed by atoms with Gasteiger partial charge in [-0.2, -0.15) is 5.26 Å². The predicted molar refractivity (Wildman–Crippen MR) is 142 cm³/mol. The number of halogens is 1. The number of non-ortho nitro benzene ring substituents is 1. The Hall–Kier alpha value is -4.19. The van der Waals surface area contributed by atoms with Crippen molar-refractivity contribution in [2.45, 2.75) is 11.9 Å². The van der Waals surface area contributed by atoms with Crippen LogP contribution in [0.25, 0.3) is 22.4 Å². The number of aryl methyl sites for hydroxylation is 1. The summed E-state index contributed by atoms with van der Waals surface area (Å²) in [5, 5.41) is 24.6. The second-order valence-electron chi connectivity index (χ2n) is 7.86. The van der Waals surface area contributed by atoms with Crippen LogP contribution in [0.2, 0.25) is 5.02 Å². The van der Waals surface area contributed by atoms with E-state index in [2.05, 4.69) is 11.4 Å². The van der Waals surface area contributed by atoms with Gasteiger partial charge in [-0.25, -0.2) is 4.98 Å². The van der Waals surface area contributed by atoms with Gasteiger partial charge in [0.05, 0.1) is 21.9 Å². The van der Waals surface area contributed by atoms with E-state index in [0.29, 0.717) is 32.6 Å². The van der Waals surface area contributed by atoms with Gasteiger partial charge >= 0.3 is 0 Å². The van der Waals surface area contributed by atoms with E-state index in [1.807, 2.05) is 49.4 Å². The summed E-state index contributed by atoms with van der Waals surface area (Å²) in [7, 11) is 0. The van der Waals surface area contributed by atoms with Crippen molar-refractivity contribution in [3.05, 3.63) is 105 Å². The van der Waals surface area contributed by atoms with Crippen LogP contribution in [0.3, 0.4) is 0 Å². The fourth-order valence-electron chi connectivity index (χ4n) is 3.46. The first-order chi connectivity index (χ1) is 17.3. The summed E-state index contributed by atoms with van der Waals surface area (Å²) in [5.41, 5.74) is 4.92. The Bertz CT molecular complexity index is 1470. The van der Waals surface area contributed by atoms with Crippen molar-refractivity contribution < 1.29 is 9.72 Å². The van der Waals surface area contributed by atoms with Crippen LogP contribution in [-0.2, 0) is 4.79 Å². The molecule has 0 atom stereocenters. The van der Waals surface area contributed by atoms with Crippen molar-refractivity contribution in [3.8, 4) is 28.5 Å². The van der Waals surface area contributed by atoms with Gasteiger partial charge < -0.3 is 5.32 Å².